The van der Waals surface area contributed by atoms with Crippen molar-refractivity contribution in [2.24, 2.45) is 5.92 Å². The van der Waals surface area contributed by atoms with E-state index in [0.717, 1.165) is 53.5 Å². The molecule has 2 aliphatic rings. The van der Waals surface area contributed by atoms with Crippen LogP contribution in [0.1, 0.15) is 60.4 Å². The number of hydrogen-bond acceptors (Lipinski definition) is 10. The number of fused-ring (bicyclic) bond motifs is 1. The highest BCUT2D eigenvalue weighted by atomic mass is 16.7. The summed E-state index contributed by atoms with van der Waals surface area (Å²) < 4.78 is 59.8. The standard InChI is InChI=1S/C57H58O10/c1-40-27-29-46(30-28-40)64-54-51(60-35-42-19-9-3-10-20-42)48-32-31-47(33-49(48)66-56(54)58)65-57-55(63-38-45-25-15-6-16-26-45)53(62-37-44-23-13-5-14-24-44)52(61-36-43-21-11-4-12-22-43)50(67-57)39-59-34-41-17-7-2-8-18-41/h2-26,31-33,40,46,50,52-53,55,57H,27-30,34-39H2,1H3/t40?,46?,50-,52-,53+,55+,57+/m1/s1. The molecule has 1 saturated heterocycles. The van der Waals surface area contributed by atoms with Crippen LogP contribution in [0, 0.1) is 5.92 Å². The van der Waals surface area contributed by atoms with Gasteiger partial charge in [0, 0.05) is 6.07 Å². The Balaban J connectivity index is 1.06. The second-order valence-electron chi connectivity index (χ2n) is 17.4. The van der Waals surface area contributed by atoms with Crippen molar-refractivity contribution in [1.29, 1.82) is 0 Å². The quantitative estimate of drug-likeness (QED) is 0.0687. The first kappa shape index (κ1) is 45.9. The van der Waals surface area contributed by atoms with E-state index < -0.39 is 36.3 Å². The maximum atomic E-state index is 14.0. The molecule has 0 radical (unpaired) electrons. The van der Waals surface area contributed by atoms with Crippen molar-refractivity contribution < 1.29 is 42.3 Å². The zero-order valence-corrected chi connectivity index (χ0v) is 37.9. The molecule has 346 valence electrons. The Labute approximate surface area is 392 Å². The molecule has 2 fully saturated rings. The highest BCUT2D eigenvalue weighted by Gasteiger charge is 2.50. The third-order valence-corrected chi connectivity index (χ3v) is 12.4. The third-order valence-electron chi connectivity index (χ3n) is 12.4. The van der Waals surface area contributed by atoms with Gasteiger partial charge in [-0.15, -0.1) is 0 Å². The molecule has 1 aliphatic carbocycles. The summed E-state index contributed by atoms with van der Waals surface area (Å²) in [6.45, 7) is 3.85. The minimum absolute atomic E-state index is 0.0833. The van der Waals surface area contributed by atoms with Gasteiger partial charge in [0.25, 0.3) is 0 Å². The molecule has 1 aliphatic heterocycles. The molecular weight excluding hydrogens is 845 g/mol. The SMILES string of the molecule is CC1CCC(Oc2c(OCc3ccccc3)c3ccc(O[C@H]4O[C@H](COCc5ccccc5)[C@@H](OCc5ccccc5)[C@H](OCc5ccccc5)[C@@H]4OCc4ccccc4)cc3oc2=O)CC1. The molecule has 5 atom stereocenters. The first-order valence-electron chi connectivity index (χ1n) is 23.4. The zero-order chi connectivity index (χ0) is 45.6. The molecule has 1 saturated carbocycles. The summed E-state index contributed by atoms with van der Waals surface area (Å²) in [6.07, 6.45) is -0.192. The highest BCUT2D eigenvalue weighted by molar-refractivity contribution is 5.86. The fourth-order valence-electron chi connectivity index (χ4n) is 8.67. The summed E-state index contributed by atoms with van der Waals surface area (Å²) in [4.78, 5) is 14.0. The van der Waals surface area contributed by atoms with Crippen molar-refractivity contribution in [2.45, 2.75) is 102 Å². The van der Waals surface area contributed by atoms with E-state index in [2.05, 4.69) is 6.92 Å². The molecular formula is C57H58O10. The second kappa shape index (κ2) is 23.0. The van der Waals surface area contributed by atoms with Crippen LogP contribution in [-0.4, -0.2) is 43.4 Å². The van der Waals surface area contributed by atoms with Gasteiger partial charge in [-0.3, -0.25) is 0 Å². The summed E-state index contributed by atoms with van der Waals surface area (Å²) >= 11 is 0. The molecule has 67 heavy (non-hydrogen) atoms. The van der Waals surface area contributed by atoms with E-state index in [1.165, 1.54) is 0 Å². The third kappa shape index (κ3) is 12.4. The second-order valence-corrected chi connectivity index (χ2v) is 17.4. The van der Waals surface area contributed by atoms with E-state index in [9.17, 15) is 4.79 Å². The Morgan fingerprint density at radius 3 is 1.55 bits per heavy atom. The lowest BCUT2D eigenvalue weighted by molar-refractivity contribution is -0.310. The van der Waals surface area contributed by atoms with Crippen LogP contribution in [0.5, 0.6) is 17.2 Å². The van der Waals surface area contributed by atoms with Crippen molar-refractivity contribution in [2.75, 3.05) is 6.61 Å². The molecule has 7 aromatic rings. The fourth-order valence-corrected chi connectivity index (χ4v) is 8.67. The zero-order valence-electron chi connectivity index (χ0n) is 37.9. The van der Waals surface area contributed by atoms with Gasteiger partial charge >= 0.3 is 5.63 Å². The Kier molecular flexibility index (Phi) is 15.7. The van der Waals surface area contributed by atoms with E-state index in [-0.39, 0.29) is 43.9 Å². The molecule has 2 heterocycles. The van der Waals surface area contributed by atoms with Gasteiger partial charge < -0.3 is 42.3 Å². The smallest absolute Gasteiger partial charge is 0.383 e. The molecule has 10 nitrogen and oxygen atoms in total. The molecule has 0 spiro atoms. The van der Waals surface area contributed by atoms with Crippen LogP contribution in [0.2, 0.25) is 0 Å². The normalized spacial score (nSPS) is 21.7. The highest BCUT2D eigenvalue weighted by Crippen LogP contribution is 2.39. The van der Waals surface area contributed by atoms with Crippen LogP contribution in [0.25, 0.3) is 11.0 Å². The Morgan fingerprint density at radius 1 is 0.507 bits per heavy atom. The minimum atomic E-state index is -1.03. The monoisotopic (exact) mass is 902 g/mol. The molecule has 9 rings (SSSR count). The average Bonchev–Trinajstić information content (AvgIpc) is 3.37. The van der Waals surface area contributed by atoms with Crippen LogP contribution in [-0.2, 0) is 56.7 Å². The van der Waals surface area contributed by atoms with Crippen LogP contribution >= 0.6 is 0 Å². The molecule has 0 bridgehead atoms. The van der Waals surface area contributed by atoms with Gasteiger partial charge in [0.2, 0.25) is 12.0 Å². The number of hydrogen-bond donors (Lipinski definition) is 0. The van der Waals surface area contributed by atoms with Gasteiger partial charge in [-0.1, -0.05) is 159 Å². The Hall–Kier alpha value is -6.27. The van der Waals surface area contributed by atoms with Crippen molar-refractivity contribution >= 4 is 11.0 Å². The summed E-state index contributed by atoms with van der Waals surface area (Å²) in [5.74, 6) is 1.42. The molecule has 0 N–H and O–H groups in total. The predicted molar refractivity (Wildman–Crippen MR) is 256 cm³/mol. The van der Waals surface area contributed by atoms with E-state index in [1.54, 1.807) is 6.07 Å². The van der Waals surface area contributed by atoms with Gasteiger partial charge in [-0.05, 0) is 71.6 Å². The molecule has 0 amide bonds. The van der Waals surface area contributed by atoms with Crippen LogP contribution < -0.4 is 19.8 Å². The minimum Gasteiger partial charge on any atom is -0.484 e. The Morgan fingerprint density at radius 2 is 1.00 bits per heavy atom. The average molecular weight is 903 g/mol. The predicted octanol–water partition coefficient (Wildman–Crippen LogP) is 11.4. The van der Waals surface area contributed by atoms with Crippen LogP contribution in [0.4, 0.5) is 0 Å². The van der Waals surface area contributed by atoms with Gasteiger partial charge in [0.15, 0.2) is 5.75 Å². The maximum Gasteiger partial charge on any atom is 0.383 e. The molecule has 0 unspecified atom stereocenters. The lowest BCUT2D eigenvalue weighted by Gasteiger charge is -2.45. The summed E-state index contributed by atoms with van der Waals surface area (Å²) in [5, 5.41) is 0.578. The first-order chi connectivity index (χ1) is 33.0. The first-order valence-corrected chi connectivity index (χ1v) is 23.4. The van der Waals surface area contributed by atoms with Crippen molar-refractivity contribution in [3.63, 3.8) is 0 Å². The van der Waals surface area contributed by atoms with Crippen molar-refractivity contribution in [1.82, 2.24) is 0 Å². The summed E-state index contributed by atoms with van der Waals surface area (Å²) in [5.41, 5.74) is 4.59. The number of benzene rings is 6. The van der Waals surface area contributed by atoms with E-state index in [1.807, 2.05) is 164 Å². The van der Waals surface area contributed by atoms with Gasteiger partial charge in [-0.2, -0.15) is 0 Å². The molecule has 6 aromatic carbocycles. The largest absolute Gasteiger partial charge is 0.484 e. The van der Waals surface area contributed by atoms with Gasteiger partial charge in [0.1, 0.15) is 42.4 Å². The lowest BCUT2D eigenvalue weighted by atomic mass is 9.89. The molecule has 10 heteroatoms. The van der Waals surface area contributed by atoms with E-state index in [0.29, 0.717) is 36.0 Å². The maximum absolute atomic E-state index is 14.0. The Bertz CT molecular complexity index is 2620. The number of ether oxygens (including phenoxy) is 8. The number of rotatable bonds is 20. The van der Waals surface area contributed by atoms with Gasteiger partial charge in [0.05, 0.1) is 44.5 Å². The van der Waals surface area contributed by atoms with Crippen molar-refractivity contribution in [3.8, 4) is 17.2 Å². The summed E-state index contributed by atoms with van der Waals surface area (Å²) in [6, 6.07) is 55.2. The van der Waals surface area contributed by atoms with Crippen molar-refractivity contribution in [3.05, 3.63) is 208 Å². The van der Waals surface area contributed by atoms with Crippen LogP contribution in [0.3, 0.4) is 0 Å². The van der Waals surface area contributed by atoms with E-state index >= 15 is 0 Å². The van der Waals surface area contributed by atoms with Crippen LogP contribution in [0.15, 0.2) is 179 Å². The topological polar surface area (TPSA) is 104 Å². The van der Waals surface area contributed by atoms with Gasteiger partial charge in [-0.25, -0.2) is 4.79 Å². The van der Waals surface area contributed by atoms with E-state index in [4.69, 9.17) is 42.3 Å². The fraction of sp³-hybridized carbons (Fsp3) is 0.316. The lowest BCUT2D eigenvalue weighted by Crippen LogP contribution is -2.62. The molecule has 1 aromatic heterocycles. The summed E-state index contributed by atoms with van der Waals surface area (Å²) in [7, 11) is 0.